The van der Waals surface area contributed by atoms with Crippen LogP contribution in [0, 0.1) is 0 Å². The van der Waals surface area contributed by atoms with Crippen molar-refractivity contribution in [1.29, 1.82) is 0 Å². The Morgan fingerprint density at radius 3 is 2.66 bits per heavy atom. The summed E-state index contributed by atoms with van der Waals surface area (Å²) >= 11 is 0. The van der Waals surface area contributed by atoms with Crippen molar-refractivity contribution < 1.29 is 4.79 Å². The molecule has 2 heterocycles. The molecule has 4 rings (SSSR count). The molecular weight excluding hydrogens is 360 g/mol. The highest BCUT2D eigenvalue weighted by atomic mass is 16.2. The van der Waals surface area contributed by atoms with Crippen molar-refractivity contribution in [3.63, 3.8) is 0 Å². The zero-order valence-corrected chi connectivity index (χ0v) is 17.6. The number of amides is 1. The van der Waals surface area contributed by atoms with E-state index in [9.17, 15) is 4.79 Å². The lowest BCUT2D eigenvalue weighted by atomic mass is 10.00. The van der Waals surface area contributed by atoms with E-state index in [4.69, 9.17) is 0 Å². The summed E-state index contributed by atoms with van der Waals surface area (Å²) in [6, 6.07) is 11.1. The van der Waals surface area contributed by atoms with Crippen molar-refractivity contribution in [2.75, 3.05) is 31.6 Å². The van der Waals surface area contributed by atoms with Crippen LogP contribution in [-0.2, 0) is 6.42 Å². The summed E-state index contributed by atoms with van der Waals surface area (Å²) in [5, 5.41) is 3.63. The van der Waals surface area contributed by atoms with Crippen LogP contribution >= 0.6 is 0 Å². The quantitative estimate of drug-likeness (QED) is 0.812. The number of pyridine rings is 1. The molecule has 0 spiro atoms. The Kier molecular flexibility index (Phi) is 6.14. The Balaban J connectivity index is 1.40. The Morgan fingerprint density at radius 2 is 1.93 bits per heavy atom. The molecule has 0 saturated carbocycles. The average molecular weight is 393 g/mol. The van der Waals surface area contributed by atoms with Gasteiger partial charge in [-0.1, -0.05) is 13.0 Å². The van der Waals surface area contributed by atoms with E-state index in [1.165, 1.54) is 16.8 Å². The van der Waals surface area contributed by atoms with Crippen molar-refractivity contribution in [3.8, 4) is 0 Å². The number of hydrogen-bond donors (Lipinski definition) is 1. The second kappa shape index (κ2) is 8.95. The first-order chi connectivity index (χ1) is 14.2. The standard InChI is InChI=1S/C24H32N4O/c1-3-12-26-23-7-6-18-4-5-19(17-22(18)23)24(29)27(2)20-10-15-28(16-11-20)21-8-13-25-14-9-21/h4-5,8-9,13-14,17,20,23,26H,3,6-7,10-12,15-16H2,1-2H3. The molecule has 1 aromatic carbocycles. The van der Waals surface area contributed by atoms with Gasteiger partial charge < -0.3 is 15.1 Å². The van der Waals surface area contributed by atoms with Gasteiger partial charge in [-0.15, -0.1) is 0 Å². The molecule has 1 aliphatic carbocycles. The number of benzene rings is 1. The summed E-state index contributed by atoms with van der Waals surface area (Å²) in [5.41, 5.74) is 4.76. The summed E-state index contributed by atoms with van der Waals surface area (Å²) < 4.78 is 0. The highest BCUT2D eigenvalue weighted by molar-refractivity contribution is 5.94. The molecule has 1 fully saturated rings. The molecule has 1 unspecified atom stereocenters. The minimum absolute atomic E-state index is 0.149. The Hall–Kier alpha value is -2.40. The number of carbonyl (C=O) groups is 1. The first-order valence-corrected chi connectivity index (χ1v) is 11.0. The largest absolute Gasteiger partial charge is 0.371 e. The molecule has 29 heavy (non-hydrogen) atoms. The third kappa shape index (κ3) is 4.30. The van der Waals surface area contributed by atoms with Crippen LogP contribution in [0.25, 0.3) is 0 Å². The fourth-order valence-electron chi connectivity index (χ4n) is 4.70. The van der Waals surface area contributed by atoms with Crippen LogP contribution in [0.3, 0.4) is 0 Å². The van der Waals surface area contributed by atoms with Gasteiger partial charge in [0.2, 0.25) is 0 Å². The zero-order valence-electron chi connectivity index (χ0n) is 17.6. The lowest BCUT2D eigenvalue weighted by Gasteiger charge is -2.38. The predicted octanol–water partition coefficient (Wildman–Crippen LogP) is 3.81. The number of aromatic nitrogens is 1. The number of carbonyl (C=O) groups excluding carboxylic acids is 1. The number of rotatable bonds is 6. The third-order valence-corrected chi connectivity index (χ3v) is 6.47. The van der Waals surface area contributed by atoms with Gasteiger partial charge in [0.15, 0.2) is 0 Å². The van der Waals surface area contributed by atoms with Crippen molar-refractivity contribution in [2.24, 2.45) is 0 Å². The molecule has 1 saturated heterocycles. The molecule has 1 N–H and O–H groups in total. The van der Waals surface area contributed by atoms with Crippen molar-refractivity contribution in [1.82, 2.24) is 15.2 Å². The molecule has 1 atom stereocenters. The zero-order chi connectivity index (χ0) is 20.2. The molecule has 2 aromatic rings. The Morgan fingerprint density at radius 1 is 1.17 bits per heavy atom. The van der Waals surface area contributed by atoms with E-state index < -0.39 is 0 Å². The van der Waals surface area contributed by atoms with Gasteiger partial charge in [0.1, 0.15) is 0 Å². The summed E-state index contributed by atoms with van der Waals surface area (Å²) in [6.07, 6.45) is 9.05. The summed E-state index contributed by atoms with van der Waals surface area (Å²) in [4.78, 5) is 21.7. The van der Waals surface area contributed by atoms with Gasteiger partial charge in [-0.25, -0.2) is 0 Å². The van der Waals surface area contributed by atoms with Gasteiger partial charge in [-0.3, -0.25) is 9.78 Å². The number of anilines is 1. The normalized spacial score (nSPS) is 19.2. The second-order valence-corrected chi connectivity index (χ2v) is 8.30. The predicted molar refractivity (Wildman–Crippen MR) is 117 cm³/mol. The van der Waals surface area contributed by atoms with E-state index in [0.717, 1.165) is 57.3 Å². The number of nitrogens with zero attached hydrogens (tertiary/aromatic N) is 3. The second-order valence-electron chi connectivity index (χ2n) is 8.30. The summed E-state index contributed by atoms with van der Waals surface area (Å²) in [7, 11) is 1.97. The summed E-state index contributed by atoms with van der Waals surface area (Å²) in [6.45, 7) is 5.16. The molecule has 5 heteroatoms. The van der Waals surface area contributed by atoms with Gasteiger partial charge in [0.25, 0.3) is 5.91 Å². The Bertz CT molecular complexity index is 830. The Labute approximate surface area is 174 Å². The molecule has 0 bridgehead atoms. The summed E-state index contributed by atoms with van der Waals surface area (Å²) in [5.74, 6) is 0.149. The maximum atomic E-state index is 13.2. The minimum atomic E-state index is 0.149. The number of nitrogens with one attached hydrogen (secondary N) is 1. The molecular formula is C24H32N4O. The monoisotopic (exact) mass is 392 g/mol. The SMILES string of the molecule is CCCNC1CCc2ccc(C(=O)N(C)C3CCN(c4ccncc4)CC3)cc21. The van der Waals surface area contributed by atoms with Gasteiger partial charge in [0.05, 0.1) is 0 Å². The van der Waals surface area contributed by atoms with Crippen LogP contribution in [0.4, 0.5) is 5.69 Å². The van der Waals surface area contributed by atoms with E-state index in [-0.39, 0.29) is 5.91 Å². The van der Waals surface area contributed by atoms with Crippen LogP contribution in [0.1, 0.15) is 60.1 Å². The topological polar surface area (TPSA) is 48.5 Å². The van der Waals surface area contributed by atoms with Crippen LogP contribution < -0.4 is 10.2 Å². The average Bonchev–Trinajstić information content (AvgIpc) is 3.19. The van der Waals surface area contributed by atoms with E-state index in [1.807, 2.05) is 30.4 Å². The van der Waals surface area contributed by atoms with Crippen molar-refractivity contribution in [2.45, 2.75) is 51.1 Å². The minimum Gasteiger partial charge on any atom is -0.371 e. The fourth-order valence-corrected chi connectivity index (χ4v) is 4.70. The number of fused-ring (bicyclic) bond motifs is 1. The molecule has 1 amide bonds. The molecule has 5 nitrogen and oxygen atoms in total. The van der Waals surface area contributed by atoms with Gasteiger partial charge in [-0.05, 0) is 74.0 Å². The van der Waals surface area contributed by atoms with Gasteiger partial charge in [0, 0.05) is 55.9 Å². The smallest absolute Gasteiger partial charge is 0.253 e. The lowest BCUT2D eigenvalue weighted by molar-refractivity contribution is 0.0709. The van der Waals surface area contributed by atoms with Crippen LogP contribution in [0.5, 0.6) is 0 Å². The third-order valence-electron chi connectivity index (χ3n) is 6.47. The van der Waals surface area contributed by atoms with Crippen molar-refractivity contribution in [3.05, 3.63) is 59.4 Å². The van der Waals surface area contributed by atoms with E-state index in [2.05, 4.69) is 46.4 Å². The number of piperidine rings is 1. The molecule has 154 valence electrons. The maximum absolute atomic E-state index is 13.2. The van der Waals surface area contributed by atoms with E-state index >= 15 is 0 Å². The molecule has 0 radical (unpaired) electrons. The highest BCUT2D eigenvalue weighted by Gasteiger charge is 2.28. The van der Waals surface area contributed by atoms with Crippen molar-refractivity contribution >= 4 is 11.6 Å². The first kappa shape index (κ1) is 19.9. The number of hydrogen-bond acceptors (Lipinski definition) is 4. The van der Waals surface area contributed by atoms with Crippen LogP contribution in [-0.4, -0.2) is 48.5 Å². The lowest BCUT2D eigenvalue weighted by Crippen LogP contribution is -2.45. The number of aryl methyl sites for hydroxylation is 1. The van der Waals surface area contributed by atoms with Crippen LogP contribution in [0.2, 0.25) is 0 Å². The van der Waals surface area contributed by atoms with Gasteiger partial charge >= 0.3 is 0 Å². The highest BCUT2D eigenvalue weighted by Crippen LogP contribution is 2.32. The first-order valence-electron chi connectivity index (χ1n) is 11.0. The molecule has 1 aliphatic heterocycles. The van der Waals surface area contributed by atoms with E-state index in [0.29, 0.717) is 12.1 Å². The fraction of sp³-hybridized carbons (Fsp3) is 0.500. The maximum Gasteiger partial charge on any atom is 0.253 e. The van der Waals surface area contributed by atoms with Crippen LogP contribution in [0.15, 0.2) is 42.7 Å². The van der Waals surface area contributed by atoms with Gasteiger partial charge in [-0.2, -0.15) is 0 Å². The molecule has 1 aromatic heterocycles. The molecule has 2 aliphatic rings. The van der Waals surface area contributed by atoms with E-state index in [1.54, 1.807) is 0 Å².